The number of aryl methyl sites for hydroxylation is 1. The van der Waals surface area contributed by atoms with Gasteiger partial charge in [0.05, 0.1) is 7.11 Å². The van der Waals surface area contributed by atoms with Gasteiger partial charge in [-0.3, -0.25) is 9.59 Å². The molecular formula is C23H29N3O3. The molecule has 0 saturated carbocycles. The van der Waals surface area contributed by atoms with Gasteiger partial charge >= 0.3 is 0 Å². The Kier molecular flexibility index (Phi) is 6.75. The number of hydrogen-bond acceptors (Lipinski definition) is 4. The predicted molar refractivity (Wildman–Crippen MR) is 115 cm³/mol. The summed E-state index contributed by atoms with van der Waals surface area (Å²) in [4.78, 5) is 31.0. The van der Waals surface area contributed by atoms with Gasteiger partial charge in [0.2, 0.25) is 5.91 Å². The van der Waals surface area contributed by atoms with E-state index in [1.165, 1.54) is 0 Å². The lowest BCUT2D eigenvalue weighted by molar-refractivity contribution is -0.132. The summed E-state index contributed by atoms with van der Waals surface area (Å²) in [5.74, 6) is 0.987. The zero-order valence-electron chi connectivity index (χ0n) is 17.4. The standard InChI is InChI=1S/C23H29N3O3/c1-24(2)20-9-7-19(8-10-20)23(28)26-16-14-25(15-17-26)22(27)13-6-18-4-11-21(29-3)12-5-18/h4-5,7-12H,6,13-17H2,1-3H3. The molecular weight excluding hydrogens is 366 g/mol. The van der Waals surface area contributed by atoms with E-state index in [-0.39, 0.29) is 11.8 Å². The number of anilines is 1. The number of benzene rings is 2. The summed E-state index contributed by atoms with van der Waals surface area (Å²) in [7, 11) is 5.59. The molecule has 0 spiro atoms. The van der Waals surface area contributed by atoms with Crippen molar-refractivity contribution in [1.82, 2.24) is 9.80 Å². The van der Waals surface area contributed by atoms with Crippen molar-refractivity contribution in [2.45, 2.75) is 12.8 Å². The molecule has 2 aromatic carbocycles. The Labute approximate surface area is 172 Å². The van der Waals surface area contributed by atoms with E-state index in [1.807, 2.05) is 77.3 Å². The molecule has 2 amide bonds. The van der Waals surface area contributed by atoms with Crippen molar-refractivity contribution < 1.29 is 14.3 Å². The molecule has 0 atom stereocenters. The van der Waals surface area contributed by atoms with E-state index >= 15 is 0 Å². The third kappa shape index (κ3) is 5.28. The van der Waals surface area contributed by atoms with Gasteiger partial charge in [-0.2, -0.15) is 0 Å². The van der Waals surface area contributed by atoms with Gasteiger partial charge in [-0.05, 0) is 48.4 Å². The Bertz CT molecular complexity index is 823. The highest BCUT2D eigenvalue weighted by atomic mass is 16.5. The van der Waals surface area contributed by atoms with Crippen LogP contribution in [0.25, 0.3) is 0 Å². The number of nitrogens with zero attached hydrogens (tertiary/aromatic N) is 3. The van der Waals surface area contributed by atoms with Crippen LogP contribution in [0.1, 0.15) is 22.3 Å². The predicted octanol–water partition coefficient (Wildman–Crippen LogP) is 2.68. The fourth-order valence-corrected chi connectivity index (χ4v) is 3.45. The Balaban J connectivity index is 1.47. The maximum Gasteiger partial charge on any atom is 0.253 e. The van der Waals surface area contributed by atoms with Crippen LogP contribution in [0.3, 0.4) is 0 Å². The Morgan fingerprint density at radius 1 is 0.897 bits per heavy atom. The van der Waals surface area contributed by atoms with Crippen molar-refractivity contribution in [2.24, 2.45) is 0 Å². The van der Waals surface area contributed by atoms with Crippen molar-refractivity contribution >= 4 is 17.5 Å². The summed E-state index contributed by atoms with van der Waals surface area (Å²) in [5.41, 5.74) is 2.87. The molecule has 0 bridgehead atoms. The summed E-state index contributed by atoms with van der Waals surface area (Å²) in [6.45, 7) is 2.32. The number of hydrogen-bond donors (Lipinski definition) is 0. The van der Waals surface area contributed by atoms with Gasteiger partial charge < -0.3 is 19.4 Å². The molecule has 1 aliphatic rings. The summed E-state index contributed by atoms with van der Waals surface area (Å²) >= 11 is 0. The van der Waals surface area contributed by atoms with Crippen LogP contribution in [0.5, 0.6) is 5.75 Å². The lowest BCUT2D eigenvalue weighted by Crippen LogP contribution is -2.50. The molecule has 154 valence electrons. The zero-order valence-corrected chi connectivity index (χ0v) is 17.4. The minimum Gasteiger partial charge on any atom is -0.497 e. The van der Waals surface area contributed by atoms with Crippen molar-refractivity contribution in [2.75, 3.05) is 52.3 Å². The molecule has 0 radical (unpaired) electrons. The zero-order chi connectivity index (χ0) is 20.8. The molecule has 0 unspecified atom stereocenters. The minimum atomic E-state index is 0.0284. The summed E-state index contributed by atoms with van der Waals surface area (Å²) in [5, 5.41) is 0. The average molecular weight is 396 g/mol. The number of ether oxygens (including phenoxy) is 1. The van der Waals surface area contributed by atoms with E-state index in [2.05, 4.69) is 0 Å². The van der Waals surface area contributed by atoms with Crippen LogP contribution in [0.4, 0.5) is 5.69 Å². The van der Waals surface area contributed by atoms with E-state index in [9.17, 15) is 9.59 Å². The summed E-state index contributed by atoms with van der Waals surface area (Å²) in [6, 6.07) is 15.4. The molecule has 0 N–H and O–H groups in total. The van der Waals surface area contributed by atoms with Gasteiger partial charge in [0.1, 0.15) is 5.75 Å². The molecule has 1 saturated heterocycles. The molecule has 2 aromatic rings. The smallest absolute Gasteiger partial charge is 0.253 e. The van der Waals surface area contributed by atoms with Gasteiger partial charge in [0.15, 0.2) is 0 Å². The van der Waals surface area contributed by atoms with Crippen LogP contribution in [-0.4, -0.2) is 69.0 Å². The van der Waals surface area contributed by atoms with Crippen molar-refractivity contribution in [3.63, 3.8) is 0 Å². The Hall–Kier alpha value is -3.02. The van der Waals surface area contributed by atoms with E-state index < -0.39 is 0 Å². The van der Waals surface area contributed by atoms with Crippen LogP contribution >= 0.6 is 0 Å². The van der Waals surface area contributed by atoms with Gasteiger partial charge in [-0.15, -0.1) is 0 Å². The van der Waals surface area contributed by atoms with E-state index in [0.29, 0.717) is 44.6 Å². The second kappa shape index (κ2) is 9.45. The maximum absolute atomic E-state index is 12.7. The van der Waals surface area contributed by atoms with Crippen molar-refractivity contribution in [3.05, 3.63) is 59.7 Å². The largest absolute Gasteiger partial charge is 0.497 e. The van der Waals surface area contributed by atoms with Crippen LogP contribution in [0, 0.1) is 0 Å². The molecule has 0 aromatic heterocycles. The second-order valence-corrected chi connectivity index (χ2v) is 7.46. The first-order valence-electron chi connectivity index (χ1n) is 9.95. The molecule has 3 rings (SSSR count). The monoisotopic (exact) mass is 395 g/mol. The van der Waals surface area contributed by atoms with Crippen LogP contribution in [0.15, 0.2) is 48.5 Å². The first kappa shape index (κ1) is 20.7. The highest BCUT2D eigenvalue weighted by Crippen LogP contribution is 2.16. The fourth-order valence-electron chi connectivity index (χ4n) is 3.45. The number of carbonyl (C=O) groups excluding carboxylic acids is 2. The fraction of sp³-hybridized carbons (Fsp3) is 0.391. The summed E-state index contributed by atoms with van der Waals surface area (Å²) in [6.07, 6.45) is 1.19. The number of piperazine rings is 1. The third-order valence-corrected chi connectivity index (χ3v) is 5.34. The number of rotatable bonds is 6. The van der Waals surface area contributed by atoms with Crippen molar-refractivity contribution in [3.8, 4) is 5.75 Å². The molecule has 6 nitrogen and oxygen atoms in total. The highest BCUT2D eigenvalue weighted by Gasteiger charge is 2.24. The van der Waals surface area contributed by atoms with Crippen molar-refractivity contribution in [1.29, 1.82) is 0 Å². The minimum absolute atomic E-state index is 0.0284. The van der Waals surface area contributed by atoms with E-state index in [0.717, 1.165) is 17.0 Å². The van der Waals surface area contributed by atoms with Crippen LogP contribution < -0.4 is 9.64 Å². The van der Waals surface area contributed by atoms with Crippen LogP contribution in [0.2, 0.25) is 0 Å². The van der Waals surface area contributed by atoms with E-state index in [4.69, 9.17) is 4.74 Å². The number of amides is 2. The first-order chi connectivity index (χ1) is 14.0. The van der Waals surface area contributed by atoms with Gasteiger partial charge in [-0.1, -0.05) is 12.1 Å². The molecule has 6 heteroatoms. The highest BCUT2D eigenvalue weighted by molar-refractivity contribution is 5.94. The molecule has 0 aliphatic carbocycles. The number of carbonyl (C=O) groups is 2. The molecule has 1 heterocycles. The van der Waals surface area contributed by atoms with Gasteiger partial charge in [-0.25, -0.2) is 0 Å². The van der Waals surface area contributed by atoms with Gasteiger partial charge in [0.25, 0.3) is 5.91 Å². The second-order valence-electron chi connectivity index (χ2n) is 7.46. The van der Waals surface area contributed by atoms with E-state index in [1.54, 1.807) is 7.11 Å². The lowest BCUT2D eigenvalue weighted by Gasteiger charge is -2.35. The normalized spacial score (nSPS) is 13.9. The maximum atomic E-state index is 12.7. The molecule has 1 aliphatic heterocycles. The van der Waals surface area contributed by atoms with Crippen LogP contribution in [-0.2, 0) is 11.2 Å². The van der Waals surface area contributed by atoms with Gasteiger partial charge in [0, 0.05) is 57.9 Å². The Morgan fingerprint density at radius 2 is 1.48 bits per heavy atom. The molecule has 29 heavy (non-hydrogen) atoms. The topological polar surface area (TPSA) is 53.1 Å². The quantitative estimate of drug-likeness (QED) is 0.755. The number of methoxy groups -OCH3 is 1. The SMILES string of the molecule is COc1ccc(CCC(=O)N2CCN(C(=O)c3ccc(N(C)C)cc3)CC2)cc1. The first-order valence-corrected chi connectivity index (χ1v) is 9.95. The summed E-state index contributed by atoms with van der Waals surface area (Å²) < 4.78 is 5.16. The average Bonchev–Trinajstić information content (AvgIpc) is 2.77. The third-order valence-electron chi connectivity index (χ3n) is 5.34. The lowest BCUT2D eigenvalue weighted by atomic mass is 10.1. The Morgan fingerprint density at radius 3 is 2.03 bits per heavy atom. The molecule has 1 fully saturated rings.